The zero-order chi connectivity index (χ0) is 16.5. The topological polar surface area (TPSA) is 42.1 Å². The van der Waals surface area contributed by atoms with Crippen LogP contribution in [0.4, 0.5) is 0 Å². The van der Waals surface area contributed by atoms with Gasteiger partial charge in [0, 0.05) is 18.4 Å². The largest absolute Gasteiger partial charge is 0.455 e. The first-order chi connectivity index (χ1) is 11.5. The van der Waals surface area contributed by atoms with Gasteiger partial charge in [-0.15, -0.1) is 0 Å². The molecule has 2 saturated carbocycles. The molecule has 0 bridgehead atoms. The Morgan fingerprint density at radius 1 is 1.12 bits per heavy atom. The molecule has 0 aromatic rings. The molecule has 0 aromatic carbocycles. The van der Waals surface area contributed by atoms with Gasteiger partial charge in [0.15, 0.2) is 0 Å². The molecule has 5 aliphatic rings. The summed E-state index contributed by atoms with van der Waals surface area (Å²) in [6.07, 6.45) is 8.73. The number of hydrogen-bond acceptors (Lipinski definition) is 4. The van der Waals surface area contributed by atoms with Crippen LogP contribution in [0.1, 0.15) is 58.8 Å². The average Bonchev–Trinajstić information content (AvgIpc) is 3.20. The lowest BCUT2D eigenvalue weighted by atomic mass is 9.55. The molecule has 0 radical (unpaired) electrons. The summed E-state index contributed by atoms with van der Waals surface area (Å²) in [5.41, 5.74) is -0.325. The number of carbonyl (C=O) groups is 1. The fraction of sp³-hybridized carbons (Fsp3) is 0.950. The number of piperidine rings is 1. The molecular weight excluding hydrogens is 302 g/mol. The zero-order valence-electron chi connectivity index (χ0n) is 15.1. The molecule has 3 aliphatic heterocycles. The lowest BCUT2D eigenvalue weighted by Gasteiger charge is -2.50. The molecule has 1 spiro atoms. The number of likely N-dealkylation sites (tertiary alicyclic amines) is 1. The minimum absolute atomic E-state index is 0.0217. The number of hydrogen-bond donors (Lipinski definition) is 0. The zero-order valence-corrected chi connectivity index (χ0v) is 15.1. The highest BCUT2D eigenvalue weighted by Crippen LogP contribution is 2.66. The molecule has 0 N–H and O–H groups in total. The molecule has 5 fully saturated rings. The average molecular weight is 333 g/mol. The van der Waals surface area contributed by atoms with Crippen molar-refractivity contribution >= 4 is 5.97 Å². The molecule has 5 rings (SSSR count). The van der Waals surface area contributed by atoms with Gasteiger partial charge in [-0.25, -0.2) is 0 Å². The van der Waals surface area contributed by atoms with E-state index in [2.05, 4.69) is 18.7 Å². The van der Waals surface area contributed by atoms with Gasteiger partial charge in [0.25, 0.3) is 0 Å². The number of esters is 1. The summed E-state index contributed by atoms with van der Waals surface area (Å²) < 4.78 is 12.5. The van der Waals surface area contributed by atoms with Gasteiger partial charge in [-0.1, -0.05) is 13.3 Å². The minimum atomic E-state index is -0.303. The van der Waals surface area contributed by atoms with E-state index in [1.54, 1.807) is 0 Å². The highest BCUT2D eigenvalue weighted by atomic mass is 16.7. The first-order valence-electron chi connectivity index (χ1n) is 10.2. The first-order valence-corrected chi connectivity index (χ1v) is 10.2. The molecule has 2 aliphatic carbocycles. The Bertz CT molecular complexity index is 545. The Kier molecular flexibility index (Phi) is 3.39. The minimum Gasteiger partial charge on any atom is -0.455 e. The Hall–Kier alpha value is -0.610. The van der Waals surface area contributed by atoms with Gasteiger partial charge in [0.1, 0.15) is 11.7 Å². The molecule has 4 heteroatoms. The predicted octanol–water partition coefficient (Wildman–Crippen LogP) is 3.00. The van der Waals surface area contributed by atoms with Gasteiger partial charge in [0.2, 0.25) is 0 Å². The second-order valence-electron chi connectivity index (χ2n) is 9.36. The van der Waals surface area contributed by atoms with Crippen LogP contribution in [-0.2, 0) is 14.3 Å². The third kappa shape index (κ3) is 2.02. The van der Waals surface area contributed by atoms with Crippen LogP contribution in [0.15, 0.2) is 0 Å². The van der Waals surface area contributed by atoms with Crippen LogP contribution in [0.5, 0.6) is 0 Å². The van der Waals surface area contributed by atoms with E-state index >= 15 is 0 Å². The maximum atomic E-state index is 12.9. The molecule has 4 nitrogen and oxygen atoms in total. The highest BCUT2D eigenvalue weighted by molar-refractivity contribution is 5.77. The van der Waals surface area contributed by atoms with Gasteiger partial charge in [-0.3, -0.25) is 4.79 Å². The molecule has 7 atom stereocenters. The molecule has 3 saturated heterocycles. The van der Waals surface area contributed by atoms with Crippen LogP contribution < -0.4 is 0 Å². The Morgan fingerprint density at radius 2 is 1.92 bits per heavy atom. The van der Waals surface area contributed by atoms with Crippen molar-refractivity contribution < 1.29 is 14.3 Å². The monoisotopic (exact) mass is 333 g/mol. The first kappa shape index (κ1) is 15.6. The van der Waals surface area contributed by atoms with E-state index in [-0.39, 0.29) is 29.2 Å². The molecular formula is C20H31NO3. The van der Waals surface area contributed by atoms with Crippen molar-refractivity contribution in [3.05, 3.63) is 0 Å². The molecule has 134 valence electrons. The summed E-state index contributed by atoms with van der Waals surface area (Å²) in [5, 5.41) is 0. The van der Waals surface area contributed by atoms with Crippen LogP contribution in [0.2, 0.25) is 0 Å². The van der Waals surface area contributed by atoms with Gasteiger partial charge < -0.3 is 14.4 Å². The van der Waals surface area contributed by atoms with Gasteiger partial charge in [-0.05, 0) is 64.5 Å². The summed E-state index contributed by atoms with van der Waals surface area (Å²) in [7, 11) is 0. The second-order valence-corrected chi connectivity index (χ2v) is 9.36. The van der Waals surface area contributed by atoms with E-state index in [0.717, 1.165) is 38.9 Å². The third-order valence-corrected chi connectivity index (χ3v) is 7.99. The summed E-state index contributed by atoms with van der Waals surface area (Å²) >= 11 is 0. The molecule has 24 heavy (non-hydrogen) atoms. The number of fused-ring (bicyclic) bond motifs is 1. The predicted molar refractivity (Wildman–Crippen MR) is 90.5 cm³/mol. The fourth-order valence-electron chi connectivity index (χ4n) is 6.68. The second kappa shape index (κ2) is 5.20. The summed E-state index contributed by atoms with van der Waals surface area (Å²) in [6, 6.07) is 0. The van der Waals surface area contributed by atoms with Crippen molar-refractivity contribution in [1.82, 2.24) is 4.90 Å². The van der Waals surface area contributed by atoms with Gasteiger partial charge >= 0.3 is 5.97 Å². The van der Waals surface area contributed by atoms with Crippen LogP contribution in [0, 0.1) is 23.7 Å². The van der Waals surface area contributed by atoms with Crippen molar-refractivity contribution in [1.29, 1.82) is 0 Å². The van der Waals surface area contributed by atoms with Crippen molar-refractivity contribution in [3.63, 3.8) is 0 Å². The van der Waals surface area contributed by atoms with E-state index in [1.165, 1.54) is 25.7 Å². The van der Waals surface area contributed by atoms with Crippen LogP contribution in [0.3, 0.4) is 0 Å². The van der Waals surface area contributed by atoms with E-state index in [0.29, 0.717) is 17.8 Å². The van der Waals surface area contributed by atoms with E-state index in [1.807, 2.05) is 0 Å². The van der Waals surface area contributed by atoms with Crippen LogP contribution in [-0.4, -0.2) is 47.8 Å². The Balaban J connectivity index is 1.45. The van der Waals surface area contributed by atoms with Crippen molar-refractivity contribution in [2.75, 3.05) is 19.6 Å². The fourth-order valence-corrected chi connectivity index (χ4v) is 6.68. The van der Waals surface area contributed by atoms with Crippen molar-refractivity contribution in [3.8, 4) is 0 Å². The summed E-state index contributed by atoms with van der Waals surface area (Å²) in [5.74, 6) is 1.68. The maximum absolute atomic E-state index is 12.9. The molecule has 0 amide bonds. The quantitative estimate of drug-likeness (QED) is 0.575. The van der Waals surface area contributed by atoms with Gasteiger partial charge in [0.05, 0.1) is 11.5 Å². The summed E-state index contributed by atoms with van der Waals surface area (Å²) in [6.45, 7) is 7.81. The number of nitrogens with zero attached hydrogens (tertiary/aromatic N) is 1. The van der Waals surface area contributed by atoms with Crippen molar-refractivity contribution in [2.24, 2.45) is 23.7 Å². The van der Waals surface area contributed by atoms with Crippen molar-refractivity contribution in [2.45, 2.75) is 76.1 Å². The lowest BCUT2D eigenvalue weighted by Crippen LogP contribution is -2.58. The van der Waals surface area contributed by atoms with Crippen LogP contribution in [0.25, 0.3) is 0 Å². The lowest BCUT2D eigenvalue weighted by molar-refractivity contribution is -0.168. The summed E-state index contributed by atoms with van der Waals surface area (Å²) in [4.78, 5) is 15.4. The SMILES string of the molecule is C[C@H]1CCC2C(CN3CCCCC3)C(=O)O[C@]23C1CC[C@@]1(C)O[C@@H]31. The van der Waals surface area contributed by atoms with Gasteiger partial charge in [-0.2, -0.15) is 0 Å². The molecule has 0 aromatic heterocycles. The molecule has 3 heterocycles. The Labute approximate surface area is 145 Å². The number of rotatable bonds is 2. The smallest absolute Gasteiger partial charge is 0.311 e. The number of carbonyl (C=O) groups excluding carboxylic acids is 1. The third-order valence-electron chi connectivity index (χ3n) is 7.99. The van der Waals surface area contributed by atoms with E-state index < -0.39 is 0 Å². The van der Waals surface area contributed by atoms with Crippen LogP contribution >= 0.6 is 0 Å². The highest BCUT2D eigenvalue weighted by Gasteiger charge is 2.77. The number of epoxide rings is 1. The Morgan fingerprint density at radius 3 is 2.71 bits per heavy atom. The number of ether oxygens (including phenoxy) is 2. The van der Waals surface area contributed by atoms with E-state index in [4.69, 9.17) is 9.47 Å². The van der Waals surface area contributed by atoms with E-state index in [9.17, 15) is 4.79 Å². The standard InChI is InChI=1S/C20H31NO3/c1-13-6-7-16-14(12-21-10-4-3-5-11-21)17(22)23-20(16)15(13)8-9-19(2)18(20)24-19/h13-16,18H,3-12H2,1-2H3/t13-,14?,15?,16?,18+,19+,20+/m0/s1. The normalized spacial score (nSPS) is 53.8. The maximum Gasteiger partial charge on any atom is 0.311 e. The molecule has 3 unspecified atom stereocenters.